The highest BCUT2D eigenvalue weighted by Crippen LogP contribution is 2.17. The molecule has 4 nitrogen and oxygen atoms in total. The SMILES string of the molecule is B(Oc1ccc(COCc2cccs2)cc1)Oc1ccc(COCc2cccs2)cc1. The molecule has 2 aromatic heterocycles. The van der Waals surface area contributed by atoms with Crippen LogP contribution in [0.5, 0.6) is 11.5 Å². The molecule has 0 N–H and O–H groups in total. The Kier molecular flexibility index (Phi) is 8.18. The molecule has 4 rings (SSSR count). The number of hydrogen-bond acceptors (Lipinski definition) is 6. The topological polar surface area (TPSA) is 36.9 Å². The lowest BCUT2D eigenvalue weighted by Crippen LogP contribution is -2.10. The number of benzene rings is 2. The first-order valence-corrected chi connectivity index (χ1v) is 11.7. The molecular formula is C24H23BO4S2. The fourth-order valence-corrected chi connectivity index (χ4v) is 4.14. The smallest absolute Gasteiger partial charge is 0.529 e. The van der Waals surface area contributed by atoms with Crippen LogP contribution in [0.4, 0.5) is 0 Å². The highest BCUT2D eigenvalue weighted by atomic mass is 32.1. The lowest BCUT2D eigenvalue weighted by molar-refractivity contribution is 0.109. The van der Waals surface area contributed by atoms with Crippen molar-refractivity contribution in [2.45, 2.75) is 26.4 Å². The van der Waals surface area contributed by atoms with Gasteiger partial charge in [0.25, 0.3) is 0 Å². The Labute approximate surface area is 191 Å². The van der Waals surface area contributed by atoms with Crippen molar-refractivity contribution >= 4 is 30.4 Å². The largest absolute Gasteiger partial charge is 0.576 e. The van der Waals surface area contributed by atoms with Crippen LogP contribution < -0.4 is 9.31 Å². The zero-order valence-corrected chi connectivity index (χ0v) is 18.7. The predicted molar refractivity (Wildman–Crippen MR) is 127 cm³/mol. The average Bonchev–Trinajstić information content (AvgIpc) is 3.51. The molecular weight excluding hydrogens is 427 g/mol. The Bertz CT molecular complexity index is 917. The summed E-state index contributed by atoms with van der Waals surface area (Å²) in [5.41, 5.74) is 2.23. The van der Waals surface area contributed by atoms with Gasteiger partial charge in [-0.25, -0.2) is 0 Å². The highest BCUT2D eigenvalue weighted by molar-refractivity contribution is 7.10. The van der Waals surface area contributed by atoms with E-state index in [1.54, 1.807) is 22.7 Å². The van der Waals surface area contributed by atoms with E-state index in [2.05, 4.69) is 22.9 Å². The summed E-state index contributed by atoms with van der Waals surface area (Å²) in [6.07, 6.45) is 0. The third kappa shape index (κ3) is 7.26. The summed E-state index contributed by atoms with van der Waals surface area (Å²) < 4.78 is 22.8. The van der Waals surface area contributed by atoms with Crippen molar-refractivity contribution in [3.63, 3.8) is 0 Å². The van der Waals surface area contributed by atoms with E-state index >= 15 is 0 Å². The summed E-state index contributed by atoms with van der Waals surface area (Å²) in [5, 5.41) is 4.12. The number of ether oxygens (including phenoxy) is 2. The fourth-order valence-electron chi connectivity index (χ4n) is 2.86. The summed E-state index contributed by atoms with van der Waals surface area (Å²) in [4.78, 5) is 2.46. The van der Waals surface area contributed by atoms with Gasteiger partial charge in [0.15, 0.2) is 0 Å². The van der Waals surface area contributed by atoms with Crippen LogP contribution in [0.25, 0.3) is 0 Å². The standard InChI is InChI=1S/C24H23BO4S2/c1-3-23(30-13-1)17-26-15-19-5-9-21(10-6-19)28-25-29-22-11-7-20(8-12-22)16-27-18-24-4-2-14-31-24/h1-14,25H,15-18H2. The summed E-state index contributed by atoms with van der Waals surface area (Å²) in [6, 6.07) is 24.0. The van der Waals surface area contributed by atoms with Gasteiger partial charge in [0.1, 0.15) is 11.5 Å². The first-order chi connectivity index (χ1) is 15.3. The minimum absolute atomic E-state index is 0.155. The van der Waals surface area contributed by atoms with Crippen LogP contribution in [-0.4, -0.2) is 7.69 Å². The molecule has 0 saturated heterocycles. The van der Waals surface area contributed by atoms with Crippen molar-refractivity contribution in [3.8, 4) is 11.5 Å². The minimum Gasteiger partial charge on any atom is -0.529 e. The van der Waals surface area contributed by atoms with Crippen LogP contribution in [0.2, 0.25) is 0 Å². The molecule has 7 heteroatoms. The monoisotopic (exact) mass is 450 g/mol. The third-order valence-corrected chi connectivity index (χ3v) is 6.18. The van der Waals surface area contributed by atoms with Crippen molar-refractivity contribution in [1.29, 1.82) is 0 Å². The molecule has 31 heavy (non-hydrogen) atoms. The average molecular weight is 450 g/mol. The lowest BCUT2D eigenvalue weighted by Gasteiger charge is -2.09. The molecule has 0 bridgehead atoms. The molecule has 2 heterocycles. The fraction of sp³-hybridized carbons (Fsp3) is 0.167. The second kappa shape index (κ2) is 11.7. The Hall–Kier alpha value is -2.58. The normalized spacial score (nSPS) is 10.7. The molecule has 0 aliphatic heterocycles. The van der Waals surface area contributed by atoms with E-state index in [9.17, 15) is 0 Å². The van der Waals surface area contributed by atoms with E-state index in [4.69, 9.17) is 18.8 Å². The molecule has 0 unspecified atom stereocenters. The zero-order valence-electron chi connectivity index (χ0n) is 17.1. The van der Waals surface area contributed by atoms with Crippen LogP contribution in [0, 0.1) is 0 Å². The maximum absolute atomic E-state index is 5.73. The van der Waals surface area contributed by atoms with Crippen LogP contribution in [0.3, 0.4) is 0 Å². The van der Waals surface area contributed by atoms with Crippen molar-refractivity contribution in [3.05, 3.63) is 104 Å². The number of thiophene rings is 2. The minimum atomic E-state index is 0.155. The summed E-state index contributed by atoms with van der Waals surface area (Å²) in [6.45, 7) is 2.45. The molecule has 4 aromatic rings. The summed E-state index contributed by atoms with van der Waals surface area (Å²) >= 11 is 3.41. The van der Waals surface area contributed by atoms with Gasteiger partial charge in [-0.05, 0) is 58.3 Å². The summed E-state index contributed by atoms with van der Waals surface area (Å²) in [7, 11) is 0.155. The van der Waals surface area contributed by atoms with Gasteiger partial charge in [0.05, 0.1) is 26.4 Å². The molecule has 0 aliphatic carbocycles. The molecule has 0 atom stereocenters. The molecule has 0 saturated carbocycles. The van der Waals surface area contributed by atoms with E-state index in [1.165, 1.54) is 9.75 Å². The van der Waals surface area contributed by atoms with E-state index in [-0.39, 0.29) is 7.69 Å². The molecule has 0 spiro atoms. The van der Waals surface area contributed by atoms with Gasteiger partial charge in [0.2, 0.25) is 0 Å². The lowest BCUT2D eigenvalue weighted by atomic mass is 10.2. The van der Waals surface area contributed by atoms with Gasteiger partial charge < -0.3 is 18.8 Å². The van der Waals surface area contributed by atoms with Crippen LogP contribution in [0.15, 0.2) is 83.6 Å². The molecule has 0 amide bonds. The predicted octanol–water partition coefficient (Wildman–Crippen LogP) is 5.97. The first kappa shape index (κ1) is 21.6. The van der Waals surface area contributed by atoms with Gasteiger partial charge in [-0.2, -0.15) is 0 Å². The summed E-state index contributed by atoms with van der Waals surface area (Å²) in [5.74, 6) is 1.53. The van der Waals surface area contributed by atoms with E-state index in [1.807, 2.05) is 60.7 Å². The maximum atomic E-state index is 5.73. The Balaban J connectivity index is 1.13. The van der Waals surface area contributed by atoms with Gasteiger partial charge in [0, 0.05) is 9.75 Å². The molecule has 2 aromatic carbocycles. The van der Waals surface area contributed by atoms with Gasteiger partial charge in [-0.3, -0.25) is 0 Å². The Morgan fingerprint density at radius 2 is 1.00 bits per heavy atom. The second-order valence-corrected chi connectivity index (χ2v) is 8.90. The molecule has 0 radical (unpaired) electrons. The van der Waals surface area contributed by atoms with Crippen LogP contribution in [-0.2, 0) is 35.9 Å². The third-order valence-electron chi connectivity index (χ3n) is 4.48. The van der Waals surface area contributed by atoms with Crippen molar-refractivity contribution < 1.29 is 18.8 Å². The number of rotatable bonds is 12. The van der Waals surface area contributed by atoms with E-state index in [0.29, 0.717) is 26.4 Å². The maximum Gasteiger partial charge on any atom is 0.576 e. The van der Waals surface area contributed by atoms with E-state index in [0.717, 1.165) is 22.6 Å². The van der Waals surface area contributed by atoms with Crippen LogP contribution >= 0.6 is 22.7 Å². The molecule has 0 aliphatic rings. The quantitative estimate of drug-likeness (QED) is 0.249. The van der Waals surface area contributed by atoms with Crippen molar-refractivity contribution in [1.82, 2.24) is 0 Å². The van der Waals surface area contributed by atoms with Crippen molar-refractivity contribution in [2.24, 2.45) is 0 Å². The number of hydrogen-bond donors (Lipinski definition) is 0. The second-order valence-electron chi connectivity index (χ2n) is 6.84. The van der Waals surface area contributed by atoms with Gasteiger partial charge in [-0.15, -0.1) is 22.7 Å². The van der Waals surface area contributed by atoms with Crippen LogP contribution in [0.1, 0.15) is 20.9 Å². The Morgan fingerprint density at radius 1 is 0.548 bits per heavy atom. The Morgan fingerprint density at radius 3 is 1.39 bits per heavy atom. The van der Waals surface area contributed by atoms with Gasteiger partial charge in [-0.1, -0.05) is 36.4 Å². The highest BCUT2D eigenvalue weighted by Gasteiger charge is 2.02. The van der Waals surface area contributed by atoms with E-state index < -0.39 is 0 Å². The van der Waals surface area contributed by atoms with Crippen molar-refractivity contribution in [2.75, 3.05) is 0 Å². The molecule has 158 valence electrons. The zero-order chi connectivity index (χ0) is 21.1. The first-order valence-electron chi connectivity index (χ1n) is 9.99. The van der Waals surface area contributed by atoms with Gasteiger partial charge >= 0.3 is 7.69 Å². The molecule has 0 fully saturated rings.